The number of hydrogen-bond donors (Lipinski definition) is 1. The second-order valence-electron chi connectivity index (χ2n) is 15.3. The molecule has 0 aliphatic rings. The molecule has 1 heterocycles. The first-order valence-electron chi connectivity index (χ1n) is 22.4. The zero-order valence-electron chi connectivity index (χ0n) is 34.5. The molecule has 1 aromatic rings. The van der Waals surface area contributed by atoms with Gasteiger partial charge in [0.1, 0.15) is 5.76 Å². The largest absolute Gasteiger partial charge is 0.465 e. The summed E-state index contributed by atoms with van der Waals surface area (Å²) < 4.78 is 18.0. The van der Waals surface area contributed by atoms with Crippen molar-refractivity contribution in [3.05, 3.63) is 48.5 Å². The van der Waals surface area contributed by atoms with Gasteiger partial charge in [0, 0.05) is 25.6 Å². The molecule has 0 aliphatic carbocycles. The summed E-state index contributed by atoms with van der Waals surface area (Å²) >= 11 is 0. The number of rotatable bonds is 39. The van der Waals surface area contributed by atoms with E-state index in [1.807, 2.05) is 12.1 Å². The minimum absolute atomic E-state index is 0.0134. The average molecular weight is 729 g/mol. The Balaban J connectivity index is 2.21. The van der Waals surface area contributed by atoms with E-state index in [9.17, 15) is 9.90 Å². The van der Waals surface area contributed by atoms with Crippen molar-refractivity contribution in [1.82, 2.24) is 0 Å². The molecular formula is C47H84O5. The monoisotopic (exact) mass is 729 g/mol. The second-order valence-corrected chi connectivity index (χ2v) is 15.3. The van der Waals surface area contributed by atoms with E-state index in [0.717, 1.165) is 58.0 Å². The highest BCUT2D eigenvalue weighted by Gasteiger charge is 2.28. The fourth-order valence-corrected chi connectivity index (χ4v) is 7.01. The van der Waals surface area contributed by atoms with E-state index in [1.54, 1.807) is 6.26 Å². The molecule has 0 aliphatic heterocycles. The molecule has 1 rings (SSSR count). The fourth-order valence-electron chi connectivity index (χ4n) is 7.01. The van der Waals surface area contributed by atoms with Gasteiger partial charge >= 0.3 is 5.97 Å². The summed E-state index contributed by atoms with van der Waals surface area (Å²) in [6.07, 6.45) is 46.0. The molecule has 0 aromatic carbocycles. The minimum Gasteiger partial charge on any atom is -0.465 e. The van der Waals surface area contributed by atoms with Crippen LogP contribution in [-0.4, -0.2) is 30.4 Å². The maximum Gasteiger partial charge on any atom is 0.306 e. The molecule has 2 atom stereocenters. The van der Waals surface area contributed by atoms with Crippen LogP contribution in [0, 0.1) is 5.92 Å². The second kappa shape index (κ2) is 37.5. The quantitative estimate of drug-likeness (QED) is 0.0415. The number of carbonyl (C=O) groups excluding carboxylic acids is 1. The summed E-state index contributed by atoms with van der Waals surface area (Å²) in [7, 11) is 0. The lowest BCUT2D eigenvalue weighted by atomic mass is 9.94. The van der Waals surface area contributed by atoms with Crippen molar-refractivity contribution in [2.24, 2.45) is 5.92 Å². The predicted octanol–water partition coefficient (Wildman–Crippen LogP) is 14.7. The van der Waals surface area contributed by atoms with Crippen LogP contribution in [0.15, 0.2) is 47.1 Å². The molecule has 0 bridgehead atoms. The maximum absolute atomic E-state index is 12.8. The number of ether oxygens (including phenoxy) is 2. The molecule has 5 heteroatoms. The van der Waals surface area contributed by atoms with Crippen molar-refractivity contribution in [3.63, 3.8) is 0 Å². The van der Waals surface area contributed by atoms with Crippen LogP contribution in [0.3, 0.4) is 0 Å². The van der Waals surface area contributed by atoms with Crippen LogP contribution in [0.2, 0.25) is 0 Å². The van der Waals surface area contributed by atoms with E-state index in [1.165, 1.54) is 135 Å². The first-order valence-corrected chi connectivity index (χ1v) is 22.4. The van der Waals surface area contributed by atoms with Crippen molar-refractivity contribution in [3.8, 4) is 0 Å². The Morgan fingerprint density at radius 1 is 0.654 bits per heavy atom. The SMILES string of the molecule is CCCCC/C=C\C/C=C\CCCCCCCC(=O)O[C@H](c1ccco1)C(CO)CCCCCCCCCOC(CCCCCC)CCCCCC. The average Bonchev–Trinajstić information content (AvgIpc) is 3.70. The Labute approximate surface area is 322 Å². The number of allylic oxidation sites excluding steroid dienone is 4. The third-order valence-electron chi connectivity index (χ3n) is 10.4. The van der Waals surface area contributed by atoms with Crippen LogP contribution < -0.4 is 0 Å². The lowest BCUT2D eigenvalue weighted by Crippen LogP contribution is -2.22. The number of hydrogen-bond acceptors (Lipinski definition) is 5. The first-order chi connectivity index (χ1) is 25.7. The van der Waals surface area contributed by atoms with Gasteiger partial charge in [0.05, 0.1) is 12.4 Å². The van der Waals surface area contributed by atoms with Crippen molar-refractivity contribution in [2.45, 2.75) is 226 Å². The van der Waals surface area contributed by atoms with Crippen molar-refractivity contribution >= 4 is 5.97 Å². The van der Waals surface area contributed by atoms with Crippen LogP contribution in [0.4, 0.5) is 0 Å². The molecule has 5 nitrogen and oxygen atoms in total. The summed E-state index contributed by atoms with van der Waals surface area (Å²) in [5.41, 5.74) is 0. The molecule has 302 valence electrons. The fraction of sp³-hybridized carbons (Fsp3) is 0.809. The van der Waals surface area contributed by atoms with Gasteiger partial charge < -0.3 is 19.0 Å². The van der Waals surface area contributed by atoms with E-state index in [0.29, 0.717) is 18.3 Å². The van der Waals surface area contributed by atoms with Crippen molar-refractivity contribution in [2.75, 3.05) is 13.2 Å². The van der Waals surface area contributed by atoms with Gasteiger partial charge in [0.25, 0.3) is 0 Å². The molecule has 0 saturated heterocycles. The Bertz CT molecular complexity index is 910. The van der Waals surface area contributed by atoms with Gasteiger partial charge in [-0.3, -0.25) is 4.79 Å². The van der Waals surface area contributed by atoms with Crippen molar-refractivity contribution < 1.29 is 23.8 Å². The van der Waals surface area contributed by atoms with E-state index in [-0.39, 0.29) is 18.5 Å². The van der Waals surface area contributed by atoms with E-state index in [2.05, 4.69) is 45.1 Å². The summed E-state index contributed by atoms with van der Waals surface area (Å²) in [6.45, 7) is 7.70. The van der Waals surface area contributed by atoms with Gasteiger partial charge in [-0.2, -0.15) is 0 Å². The minimum atomic E-state index is -0.521. The van der Waals surface area contributed by atoms with Crippen LogP contribution in [0.1, 0.15) is 225 Å². The Kier molecular flexibility index (Phi) is 34.7. The highest BCUT2D eigenvalue weighted by Crippen LogP contribution is 2.31. The molecule has 1 N–H and O–H groups in total. The van der Waals surface area contributed by atoms with Gasteiger partial charge in [-0.1, -0.05) is 167 Å². The molecule has 0 radical (unpaired) electrons. The zero-order valence-corrected chi connectivity index (χ0v) is 34.5. The molecule has 0 saturated carbocycles. The smallest absolute Gasteiger partial charge is 0.306 e. The lowest BCUT2D eigenvalue weighted by molar-refractivity contribution is -0.155. The van der Waals surface area contributed by atoms with Crippen LogP contribution in [-0.2, 0) is 14.3 Å². The van der Waals surface area contributed by atoms with Gasteiger partial charge in [-0.05, 0) is 76.3 Å². The standard InChI is InChI=1S/C47H84O5/c1-4-7-10-13-14-15-16-17-18-19-20-21-24-27-32-39-46(49)52-47(45-38-34-41-51-45)43(42-48)35-29-26-23-22-25-28-33-40-50-44(36-30-11-8-5-2)37-31-12-9-6-3/h14-15,17-18,34,38,41,43-44,47-48H,4-13,16,19-33,35-37,39-40,42H2,1-3H3/b15-14-,18-17-/t43?,47-/m0/s1. The van der Waals surface area contributed by atoms with Gasteiger partial charge in [0.2, 0.25) is 0 Å². The number of furan rings is 1. The van der Waals surface area contributed by atoms with Crippen LogP contribution in [0.25, 0.3) is 0 Å². The number of carbonyl (C=O) groups is 1. The molecule has 1 unspecified atom stereocenters. The zero-order chi connectivity index (χ0) is 37.6. The Hall–Kier alpha value is -1.85. The molecule has 1 aromatic heterocycles. The number of esters is 1. The number of aliphatic hydroxyl groups is 1. The van der Waals surface area contributed by atoms with E-state index in [4.69, 9.17) is 13.9 Å². The lowest BCUT2D eigenvalue weighted by Gasteiger charge is -2.24. The number of aliphatic hydroxyl groups excluding tert-OH is 1. The normalized spacial score (nSPS) is 13.2. The topological polar surface area (TPSA) is 68.9 Å². The molecule has 0 amide bonds. The summed E-state index contributed by atoms with van der Waals surface area (Å²) in [4.78, 5) is 12.8. The van der Waals surface area contributed by atoms with Crippen LogP contribution >= 0.6 is 0 Å². The molecular weight excluding hydrogens is 645 g/mol. The van der Waals surface area contributed by atoms with Crippen LogP contribution in [0.5, 0.6) is 0 Å². The first kappa shape index (κ1) is 48.2. The van der Waals surface area contributed by atoms with E-state index < -0.39 is 6.10 Å². The molecule has 0 spiro atoms. The third kappa shape index (κ3) is 28.6. The van der Waals surface area contributed by atoms with E-state index >= 15 is 0 Å². The summed E-state index contributed by atoms with van der Waals surface area (Å²) in [5, 5.41) is 10.3. The highest BCUT2D eigenvalue weighted by atomic mass is 16.6. The molecule has 52 heavy (non-hydrogen) atoms. The Morgan fingerprint density at radius 2 is 1.17 bits per heavy atom. The van der Waals surface area contributed by atoms with Gasteiger partial charge in [-0.25, -0.2) is 0 Å². The number of unbranched alkanes of at least 4 members (excludes halogenated alkanes) is 20. The van der Waals surface area contributed by atoms with Gasteiger partial charge in [-0.15, -0.1) is 0 Å². The van der Waals surface area contributed by atoms with Gasteiger partial charge in [0.15, 0.2) is 6.10 Å². The highest BCUT2D eigenvalue weighted by molar-refractivity contribution is 5.69. The molecule has 0 fully saturated rings. The maximum atomic E-state index is 12.8. The summed E-state index contributed by atoms with van der Waals surface area (Å²) in [6, 6.07) is 3.70. The summed E-state index contributed by atoms with van der Waals surface area (Å²) in [5.74, 6) is 0.307. The Morgan fingerprint density at radius 3 is 1.77 bits per heavy atom. The van der Waals surface area contributed by atoms with Crippen molar-refractivity contribution in [1.29, 1.82) is 0 Å². The predicted molar refractivity (Wildman–Crippen MR) is 222 cm³/mol. The third-order valence-corrected chi connectivity index (χ3v) is 10.4.